The molecule has 1 aliphatic rings. The smallest absolute Gasteiger partial charge is 0.301 e. The minimum atomic E-state index is -0.880. The first-order valence-corrected chi connectivity index (χ1v) is 10.7. The molecule has 1 atom stereocenters. The van der Waals surface area contributed by atoms with Crippen LogP contribution in [0.15, 0.2) is 115 Å². The van der Waals surface area contributed by atoms with Crippen LogP contribution in [0, 0.1) is 0 Å². The number of rotatable bonds is 5. The number of Topliss-reactive ketones (excluding diaryl/α,β-unsaturated/α-hetero) is 1. The Bertz CT molecular complexity index is 1370. The number of hydrogen-bond acceptors (Lipinski definition) is 5. The summed E-state index contributed by atoms with van der Waals surface area (Å²) in [6, 6.07) is 29.4. The van der Waals surface area contributed by atoms with Gasteiger partial charge in [0.1, 0.15) is 23.1 Å². The molecule has 0 bridgehead atoms. The van der Waals surface area contributed by atoms with E-state index >= 15 is 0 Å². The van der Waals surface area contributed by atoms with Gasteiger partial charge in [0.2, 0.25) is 0 Å². The second-order valence-corrected chi connectivity index (χ2v) is 7.71. The first-order chi connectivity index (χ1) is 16.6. The molecule has 0 radical (unpaired) electrons. The molecule has 1 N–H and O–H groups in total. The highest BCUT2D eigenvalue weighted by Gasteiger charge is 2.47. The van der Waals surface area contributed by atoms with Gasteiger partial charge in [-0.15, -0.1) is 0 Å². The second kappa shape index (κ2) is 9.03. The van der Waals surface area contributed by atoms with Gasteiger partial charge in [-0.05, 0) is 42.0 Å². The van der Waals surface area contributed by atoms with Crippen molar-refractivity contribution in [3.8, 4) is 11.5 Å². The first-order valence-electron chi connectivity index (χ1n) is 10.7. The number of aliphatic hydroxyl groups is 1. The van der Waals surface area contributed by atoms with Crippen molar-refractivity contribution in [1.29, 1.82) is 0 Å². The summed E-state index contributed by atoms with van der Waals surface area (Å²) < 4.78 is 5.97. The second-order valence-electron chi connectivity index (χ2n) is 7.71. The van der Waals surface area contributed by atoms with Crippen molar-refractivity contribution >= 4 is 23.3 Å². The van der Waals surface area contributed by atoms with Gasteiger partial charge in [0.05, 0.1) is 11.6 Å². The Hall–Kier alpha value is -4.71. The largest absolute Gasteiger partial charge is 0.507 e. The van der Waals surface area contributed by atoms with Gasteiger partial charge in [-0.1, -0.05) is 66.7 Å². The lowest BCUT2D eigenvalue weighted by Crippen LogP contribution is -2.30. The fourth-order valence-corrected chi connectivity index (χ4v) is 4.00. The lowest BCUT2D eigenvalue weighted by atomic mass is 9.95. The number of ether oxygens (including phenoxy) is 1. The SMILES string of the molecule is O=C1C(=O)N(c2ccccn2)[C@@H](c2cccc(Oc3ccccc3)c2)/C1=C(\O)c1ccccc1. The predicted octanol–water partition coefficient (Wildman–Crippen LogP) is 5.50. The van der Waals surface area contributed by atoms with Gasteiger partial charge in [0.15, 0.2) is 0 Å². The van der Waals surface area contributed by atoms with Gasteiger partial charge in [-0.3, -0.25) is 14.5 Å². The highest BCUT2D eigenvalue weighted by molar-refractivity contribution is 6.51. The van der Waals surface area contributed by atoms with Crippen molar-refractivity contribution in [3.63, 3.8) is 0 Å². The zero-order valence-corrected chi connectivity index (χ0v) is 18.0. The molecule has 1 fully saturated rings. The average Bonchev–Trinajstić information content (AvgIpc) is 3.16. The van der Waals surface area contributed by atoms with E-state index in [0.29, 0.717) is 28.4 Å². The number of amides is 1. The van der Waals surface area contributed by atoms with Crippen LogP contribution in [-0.4, -0.2) is 21.8 Å². The maximum absolute atomic E-state index is 13.2. The van der Waals surface area contributed by atoms with E-state index in [0.717, 1.165) is 0 Å². The summed E-state index contributed by atoms with van der Waals surface area (Å²) >= 11 is 0. The maximum Gasteiger partial charge on any atom is 0.301 e. The fraction of sp³-hybridized carbons (Fsp3) is 0.0357. The zero-order valence-electron chi connectivity index (χ0n) is 18.0. The molecule has 6 heteroatoms. The fourth-order valence-electron chi connectivity index (χ4n) is 4.00. The van der Waals surface area contributed by atoms with Crippen LogP contribution in [0.2, 0.25) is 0 Å². The number of nitrogens with zero attached hydrogens (tertiary/aromatic N) is 2. The molecule has 6 nitrogen and oxygen atoms in total. The lowest BCUT2D eigenvalue weighted by molar-refractivity contribution is -0.132. The van der Waals surface area contributed by atoms with Gasteiger partial charge < -0.3 is 9.84 Å². The Morgan fingerprint density at radius 2 is 1.47 bits per heavy atom. The molecule has 4 aromatic rings. The molecule has 5 rings (SSSR count). The quantitative estimate of drug-likeness (QED) is 0.248. The van der Waals surface area contributed by atoms with E-state index in [9.17, 15) is 14.7 Å². The van der Waals surface area contributed by atoms with Crippen molar-refractivity contribution in [1.82, 2.24) is 4.98 Å². The summed E-state index contributed by atoms with van der Waals surface area (Å²) in [5, 5.41) is 11.1. The van der Waals surface area contributed by atoms with E-state index < -0.39 is 17.7 Å². The van der Waals surface area contributed by atoms with Crippen LogP contribution in [0.3, 0.4) is 0 Å². The molecular formula is C28H20N2O4. The third kappa shape index (κ3) is 3.93. The molecular weight excluding hydrogens is 428 g/mol. The molecule has 2 heterocycles. The third-order valence-electron chi connectivity index (χ3n) is 5.54. The van der Waals surface area contributed by atoms with Gasteiger partial charge in [0.25, 0.3) is 5.78 Å². The molecule has 1 aromatic heterocycles. The number of aliphatic hydroxyl groups excluding tert-OH is 1. The summed E-state index contributed by atoms with van der Waals surface area (Å²) in [4.78, 5) is 32.0. The highest BCUT2D eigenvalue weighted by atomic mass is 16.5. The summed E-state index contributed by atoms with van der Waals surface area (Å²) in [6.45, 7) is 0. The standard InChI is InChI=1S/C28H20N2O4/c31-26(19-10-3-1-4-11-19)24-25(30(28(33)27(24)32)23-16-7-8-17-29-23)20-12-9-15-22(18-20)34-21-13-5-2-6-14-21/h1-18,25,31H/b26-24+/t25-/m0/s1. The van der Waals surface area contributed by atoms with E-state index in [4.69, 9.17) is 4.74 Å². The molecule has 0 unspecified atom stereocenters. The first kappa shape index (κ1) is 21.2. The highest BCUT2D eigenvalue weighted by Crippen LogP contribution is 2.42. The van der Waals surface area contributed by atoms with Crippen LogP contribution < -0.4 is 9.64 Å². The number of pyridine rings is 1. The Labute approximate surface area is 196 Å². The van der Waals surface area contributed by atoms with Crippen molar-refractivity contribution in [2.24, 2.45) is 0 Å². The minimum absolute atomic E-state index is 0.00119. The molecule has 1 saturated heterocycles. The lowest BCUT2D eigenvalue weighted by Gasteiger charge is -2.24. The molecule has 0 saturated carbocycles. The van der Waals surface area contributed by atoms with Crippen molar-refractivity contribution < 1.29 is 19.4 Å². The number of benzene rings is 3. The topological polar surface area (TPSA) is 79.7 Å². The van der Waals surface area contributed by atoms with E-state index in [1.165, 1.54) is 4.90 Å². The molecule has 0 spiro atoms. The Kier molecular flexibility index (Phi) is 5.62. The monoisotopic (exact) mass is 448 g/mol. The van der Waals surface area contributed by atoms with E-state index in [1.807, 2.05) is 36.4 Å². The molecule has 0 aliphatic carbocycles. The Morgan fingerprint density at radius 3 is 2.18 bits per heavy atom. The molecule has 3 aromatic carbocycles. The van der Waals surface area contributed by atoms with Gasteiger partial charge in [-0.25, -0.2) is 4.98 Å². The number of para-hydroxylation sites is 1. The predicted molar refractivity (Wildman–Crippen MR) is 128 cm³/mol. The van der Waals surface area contributed by atoms with Crippen LogP contribution in [0.25, 0.3) is 5.76 Å². The van der Waals surface area contributed by atoms with Crippen LogP contribution in [0.4, 0.5) is 5.82 Å². The minimum Gasteiger partial charge on any atom is -0.507 e. The molecule has 166 valence electrons. The summed E-state index contributed by atoms with van der Waals surface area (Å²) in [6.07, 6.45) is 1.55. The third-order valence-corrected chi connectivity index (χ3v) is 5.54. The van der Waals surface area contributed by atoms with Crippen molar-refractivity contribution in [2.75, 3.05) is 4.90 Å². The zero-order chi connectivity index (χ0) is 23.5. The summed E-state index contributed by atoms with van der Waals surface area (Å²) in [7, 11) is 0. The average molecular weight is 448 g/mol. The number of aromatic nitrogens is 1. The molecule has 1 aliphatic heterocycles. The van der Waals surface area contributed by atoms with Crippen LogP contribution in [-0.2, 0) is 9.59 Å². The summed E-state index contributed by atoms with van der Waals surface area (Å²) in [5.74, 6) is -0.257. The van der Waals surface area contributed by atoms with Crippen LogP contribution >= 0.6 is 0 Å². The van der Waals surface area contributed by atoms with Crippen molar-refractivity contribution in [3.05, 3.63) is 126 Å². The molecule has 34 heavy (non-hydrogen) atoms. The van der Waals surface area contributed by atoms with Crippen LogP contribution in [0.5, 0.6) is 11.5 Å². The summed E-state index contributed by atoms with van der Waals surface area (Å²) in [5.41, 5.74) is 1.05. The maximum atomic E-state index is 13.2. The number of carbonyl (C=O) groups excluding carboxylic acids is 2. The van der Waals surface area contributed by atoms with Gasteiger partial charge in [-0.2, -0.15) is 0 Å². The Balaban J connectivity index is 1.66. The number of hydrogen-bond donors (Lipinski definition) is 1. The van der Waals surface area contributed by atoms with Gasteiger partial charge in [0, 0.05) is 11.8 Å². The molecule has 1 amide bonds. The van der Waals surface area contributed by atoms with E-state index in [1.54, 1.807) is 72.9 Å². The van der Waals surface area contributed by atoms with E-state index in [-0.39, 0.29) is 11.3 Å². The number of anilines is 1. The number of ketones is 1. The normalized spacial score (nSPS) is 17.1. The van der Waals surface area contributed by atoms with Crippen molar-refractivity contribution in [2.45, 2.75) is 6.04 Å². The Morgan fingerprint density at radius 1 is 0.794 bits per heavy atom. The van der Waals surface area contributed by atoms with E-state index in [2.05, 4.69) is 4.98 Å². The number of carbonyl (C=O) groups is 2. The van der Waals surface area contributed by atoms with Crippen LogP contribution in [0.1, 0.15) is 17.2 Å². The van der Waals surface area contributed by atoms with Gasteiger partial charge >= 0.3 is 5.91 Å².